The molecule has 259 valence electrons. The molecule has 3 aromatic carbocycles. The molecule has 0 saturated carbocycles. The van der Waals surface area contributed by atoms with E-state index in [1.54, 1.807) is 42.7 Å². The van der Waals surface area contributed by atoms with Crippen LogP contribution < -0.4 is 44.0 Å². The monoisotopic (exact) mass is 758 g/mol. The van der Waals surface area contributed by atoms with Crippen molar-refractivity contribution in [2.24, 2.45) is 5.92 Å². The van der Waals surface area contributed by atoms with Gasteiger partial charge in [-0.05, 0) is 53.0 Å². The van der Waals surface area contributed by atoms with Crippen molar-refractivity contribution < 1.29 is 50.1 Å². The average Bonchev–Trinajstić information content (AvgIpc) is 3.22. The van der Waals surface area contributed by atoms with Crippen molar-refractivity contribution in [3.8, 4) is 34.5 Å². The topological polar surface area (TPSA) is 55.4 Å². The molecule has 0 heterocycles. The van der Waals surface area contributed by atoms with Gasteiger partial charge >= 0.3 is 0 Å². The summed E-state index contributed by atoms with van der Waals surface area (Å²) >= 11 is 0. The number of methoxy groups -OCH3 is 6. The van der Waals surface area contributed by atoms with E-state index in [1.165, 1.54) is 16.7 Å². The molecule has 1 aliphatic rings. The van der Waals surface area contributed by atoms with Gasteiger partial charge in [-0.3, -0.25) is 6.08 Å². The second-order valence-electron chi connectivity index (χ2n) is 10.7. The molecule has 6 nitrogen and oxygen atoms in total. The average molecular weight is 760 g/mol. The molecular formula is C36H49Cl3O6SiTi-. The quantitative estimate of drug-likeness (QED) is 0.131. The van der Waals surface area contributed by atoms with Crippen molar-refractivity contribution in [2.45, 2.75) is 48.5 Å². The largest absolute Gasteiger partial charge is 0.497 e. The Balaban J connectivity index is 0. The molecule has 47 heavy (non-hydrogen) atoms. The molecule has 0 spiro atoms. The van der Waals surface area contributed by atoms with Gasteiger partial charge in [0, 0.05) is 39.9 Å². The van der Waals surface area contributed by atoms with Gasteiger partial charge in [-0.2, -0.15) is 11.1 Å². The van der Waals surface area contributed by atoms with Gasteiger partial charge in [0.05, 0.1) is 42.7 Å². The van der Waals surface area contributed by atoms with Crippen molar-refractivity contribution >= 4 is 61.6 Å². The van der Waals surface area contributed by atoms with Gasteiger partial charge in [-0.15, -0.1) is 44.1 Å². The summed E-state index contributed by atoms with van der Waals surface area (Å²) in [5, 5.41) is 3.20. The summed E-state index contributed by atoms with van der Waals surface area (Å²) < 4.78 is 34.3. The molecule has 1 unspecified atom stereocenters. The van der Waals surface area contributed by atoms with Gasteiger partial charge in [0.25, 0.3) is 0 Å². The number of benzene rings is 3. The van der Waals surface area contributed by atoms with E-state index in [0.717, 1.165) is 66.7 Å². The van der Waals surface area contributed by atoms with Gasteiger partial charge in [-0.25, -0.2) is 5.57 Å². The standard InChI is InChI=1S/C27H33O6Si.C9H13.3ClH.Ti/c1-16-10-25(22(31-7)13-19(16)28-4)34(26-11-17(2)20(29-5)14-23(26)32-8)27-12-18(3)21(30-6)15-24(27)33-9;1-6-5-7(2)9(4)8(6)3;;;;/h10-15H,1-9H3;6H,1-4H3;3*1H;/q;-1;;;;. The van der Waals surface area contributed by atoms with Gasteiger partial charge in [0.15, 0.2) is 8.80 Å². The molecular weight excluding hydrogens is 711 g/mol. The van der Waals surface area contributed by atoms with Gasteiger partial charge < -0.3 is 28.4 Å². The van der Waals surface area contributed by atoms with Crippen molar-refractivity contribution in [3.05, 3.63) is 75.9 Å². The Morgan fingerprint density at radius 1 is 0.489 bits per heavy atom. The maximum absolute atomic E-state index is 5.88. The fourth-order valence-corrected chi connectivity index (χ4v) is 8.57. The van der Waals surface area contributed by atoms with Gasteiger partial charge in [-0.1, -0.05) is 44.9 Å². The molecule has 0 fully saturated rings. The Bertz CT molecular complexity index is 1400. The summed E-state index contributed by atoms with van der Waals surface area (Å²) in [4.78, 5) is 0. The molecule has 1 atom stereocenters. The molecule has 0 N–H and O–H groups in total. The summed E-state index contributed by atoms with van der Waals surface area (Å²) in [5.74, 6) is 5.14. The third-order valence-electron chi connectivity index (χ3n) is 8.20. The van der Waals surface area contributed by atoms with Crippen LogP contribution >= 0.6 is 37.2 Å². The van der Waals surface area contributed by atoms with Crippen LogP contribution in [0.3, 0.4) is 0 Å². The van der Waals surface area contributed by atoms with Gasteiger partial charge in [0.1, 0.15) is 34.5 Å². The van der Waals surface area contributed by atoms with Crippen molar-refractivity contribution in [2.75, 3.05) is 42.7 Å². The zero-order valence-electron chi connectivity index (χ0n) is 29.7. The van der Waals surface area contributed by atoms with Crippen LogP contribution in [0.15, 0.2) is 53.1 Å². The molecule has 0 aliphatic heterocycles. The van der Waals surface area contributed by atoms with E-state index in [2.05, 4.69) is 52.0 Å². The first-order valence-electron chi connectivity index (χ1n) is 14.3. The third kappa shape index (κ3) is 10.4. The number of hydrogen-bond acceptors (Lipinski definition) is 6. The van der Waals surface area contributed by atoms with Crippen LogP contribution in [0.2, 0.25) is 0 Å². The maximum Gasteiger partial charge on any atom is 0.169 e. The van der Waals surface area contributed by atoms with E-state index in [4.69, 9.17) is 28.4 Å². The number of hydrogen-bond donors (Lipinski definition) is 0. The Morgan fingerprint density at radius 3 is 0.936 bits per heavy atom. The predicted octanol–water partition coefficient (Wildman–Crippen LogP) is 7.16. The van der Waals surface area contributed by atoms with E-state index >= 15 is 0 Å². The predicted molar refractivity (Wildman–Crippen MR) is 199 cm³/mol. The normalized spacial score (nSPS) is 13.0. The Hall–Kier alpha value is -2.26. The van der Waals surface area contributed by atoms with Crippen LogP contribution in [0.4, 0.5) is 0 Å². The zero-order chi connectivity index (χ0) is 32.0. The minimum atomic E-state index is -1.68. The number of rotatable bonds is 9. The number of aryl methyl sites for hydroxylation is 3. The Kier molecular flexibility index (Phi) is 20.9. The third-order valence-corrected chi connectivity index (χ3v) is 11.0. The molecule has 1 radical (unpaired) electrons. The van der Waals surface area contributed by atoms with E-state index in [-0.39, 0.29) is 58.9 Å². The summed E-state index contributed by atoms with van der Waals surface area (Å²) in [5.41, 5.74) is 7.31. The fourth-order valence-electron chi connectivity index (χ4n) is 5.36. The van der Waals surface area contributed by atoms with Crippen LogP contribution in [0.25, 0.3) is 0 Å². The summed E-state index contributed by atoms with van der Waals surface area (Å²) in [7, 11) is 8.35. The zero-order valence-corrected chi connectivity index (χ0v) is 34.7. The number of ether oxygens (including phenoxy) is 6. The molecule has 0 aromatic heterocycles. The maximum atomic E-state index is 5.88. The molecule has 0 saturated heterocycles. The van der Waals surface area contributed by atoms with Crippen molar-refractivity contribution in [1.29, 1.82) is 0 Å². The van der Waals surface area contributed by atoms with E-state index in [9.17, 15) is 0 Å². The van der Waals surface area contributed by atoms with Crippen molar-refractivity contribution in [1.82, 2.24) is 0 Å². The number of allylic oxidation sites excluding steroid dienone is 4. The first-order valence-corrected chi connectivity index (χ1v) is 15.8. The molecule has 11 heteroatoms. The Morgan fingerprint density at radius 2 is 0.766 bits per heavy atom. The van der Waals surface area contributed by atoms with Crippen LogP contribution in [-0.2, 0) is 21.7 Å². The number of halogens is 3. The molecule has 0 amide bonds. The summed E-state index contributed by atoms with van der Waals surface area (Å²) in [6.45, 7) is 14.8. The van der Waals surface area contributed by atoms with Crippen LogP contribution in [-0.4, -0.2) is 51.5 Å². The van der Waals surface area contributed by atoms with E-state index in [1.807, 2.05) is 39.0 Å². The van der Waals surface area contributed by atoms with Crippen LogP contribution in [0, 0.1) is 32.8 Å². The minimum Gasteiger partial charge on any atom is -0.497 e. The second-order valence-corrected chi connectivity index (χ2v) is 13.1. The van der Waals surface area contributed by atoms with Crippen LogP contribution in [0.5, 0.6) is 34.5 Å². The van der Waals surface area contributed by atoms with Crippen molar-refractivity contribution in [3.63, 3.8) is 0 Å². The molecule has 4 rings (SSSR count). The SMILES string of the molecule is CC1=[C-]C(C)C(C)=C1C.COc1cc(OC)c([Si](c2cc(C)c(OC)cc2OC)c2cc(C)c(OC)cc2OC)cc1C.Cl.Cl.Cl.[Ti]. The van der Waals surface area contributed by atoms with Gasteiger partial charge in [0.2, 0.25) is 0 Å². The first-order chi connectivity index (χ1) is 20.4. The fraction of sp³-hybridized carbons (Fsp3) is 0.389. The minimum absolute atomic E-state index is 0. The molecule has 3 aromatic rings. The summed E-state index contributed by atoms with van der Waals surface area (Å²) in [6.07, 6.45) is 3.36. The second kappa shape index (κ2) is 21.0. The molecule has 1 aliphatic carbocycles. The Labute approximate surface area is 317 Å². The molecule has 0 bridgehead atoms. The smallest absolute Gasteiger partial charge is 0.169 e. The van der Waals surface area contributed by atoms with Crippen LogP contribution in [0.1, 0.15) is 44.4 Å². The first kappa shape index (κ1) is 46.9. The van der Waals surface area contributed by atoms with E-state index < -0.39 is 8.80 Å². The van der Waals surface area contributed by atoms with E-state index in [0.29, 0.717) is 5.92 Å². The summed E-state index contributed by atoms with van der Waals surface area (Å²) in [6, 6.07) is 12.3.